The normalized spacial score (nSPS) is 11.5. The van der Waals surface area contributed by atoms with E-state index < -0.39 is 34.7 Å². The van der Waals surface area contributed by atoms with E-state index >= 15 is 0 Å². The molecule has 0 aliphatic rings. The summed E-state index contributed by atoms with van der Waals surface area (Å²) in [4.78, 5) is 35.2. The monoisotopic (exact) mass is 493 g/mol. The van der Waals surface area contributed by atoms with E-state index in [0.717, 1.165) is 6.07 Å². The van der Waals surface area contributed by atoms with E-state index in [-0.39, 0.29) is 28.6 Å². The zero-order valence-electron chi connectivity index (χ0n) is 16.7. The number of hydrogen-bond donors (Lipinski definition) is 2. The van der Waals surface area contributed by atoms with Crippen LogP contribution in [0.4, 0.5) is 8.78 Å². The predicted molar refractivity (Wildman–Crippen MR) is 119 cm³/mol. The number of pyridine rings is 1. The Morgan fingerprint density at radius 2 is 1.48 bits per heavy atom. The summed E-state index contributed by atoms with van der Waals surface area (Å²) in [5, 5.41) is 18.8. The van der Waals surface area contributed by atoms with Crippen LogP contribution in [0.1, 0.15) is 22.3 Å². The van der Waals surface area contributed by atoms with Gasteiger partial charge < -0.3 is 14.8 Å². The number of ketones is 1. The van der Waals surface area contributed by atoms with Crippen molar-refractivity contribution in [2.45, 2.75) is 13.0 Å². The van der Waals surface area contributed by atoms with Gasteiger partial charge in [-0.15, -0.1) is 0 Å². The second-order valence-corrected chi connectivity index (χ2v) is 7.88. The van der Waals surface area contributed by atoms with Gasteiger partial charge in [0.05, 0.1) is 22.2 Å². The van der Waals surface area contributed by atoms with E-state index in [4.69, 9.17) is 28.3 Å². The number of rotatable bonds is 7. The van der Waals surface area contributed by atoms with Crippen molar-refractivity contribution in [2.75, 3.05) is 0 Å². The highest BCUT2D eigenvalue weighted by Crippen LogP contribution is 2.21. The van der Waals surface area contributed by atoms with Crippen molar-refractivity contribution in [3.8, 4) is 0 Å². The first-order chi connectivity index (χ1) is 15.5. The van der Waals surface area contributed by atoms with Crippen molar-refractivity contribution in [1.29, 1.82) is 0 Å². The maximum atomic E-state index is 13.5. The predicted octanol–water partition coefficient (Wildman–Crippen LogP) is 4.63. The van der Waals surface area contributed by atoms with Crippen molar-refractivity contribution >= 4 is 40.7 Å². The molecule has 0 radical (unpaired) electrons. The first-order valence-electron chi connectivity index (χ1n) is 9.34. The van der Waals surface area contributed by atoms with Gasteiger partial charge in [-0.1, -0.05) is 35.3 Å². The molecule has 170 valence electrons. The van der Waals surface area contributed by atoms with Gasteiger partial charge in [0.2, 0.25) is 0 Å². The zero-order valence-corrected chi connectivity index (χ0v) is 18.2. The van der Waals surface area contributed by atoms with E-state index in [0.29, 0.717) is 22.8 Å². The fourth-order valence-corrected chi connectivity index (χ4v) is 3.49. The minimum Gasteiger partial charge on any atom is -0.507 e. The van der Waals surface area contributed by atoms with Crippen molar-refractivity contribution < 1.29 is 28.6 Å². The van der Waals surface area contributed by atoms with E-state index in [1.54, 1.807) is 0 Å². The highest BCUT2D eigenvalue weighted by Gasteiger charge is 2.16. The van der Waals surface area contributed by atoms with Crippen LogP contribution in [0.3, 0.4) is 0 Å². The number of aliphatic carboxylic acids is 1. The number of hydrogen-bond acceptors (Lipinski definition) is 4. The van der Waals surface area contributed by atoms with E-state index in [9.17, 15) is 28.3 Å². The van der Waals surface area contributed by atoms with Gasteiger partial charge in [-0.2, -0.15) is 0 Å². The molecule has 6 nitrogen and oxygen atoms in total. The number of aliphatic hydroxyl groups is 1. The third kappa shape index (κ3) is 5.85. The third-order valence-electron chi connectivity index (χ3n) is 4.63. The topological polar surface area (TPSA) is 96.6 Å². The number of carboxylic acids is 1. The molecule has 0 saturated carbocycles. The van der Waals surface area contributed by atoms with Gasteiger partial charge in [0.1, 0.15) is 17.4 Å². The first kappa shape index (κ1) is 24.2. The van der Waals surface area contributed by atoms with Crippen LogP contribution in [0, 0.1) is 11.6 Å². The van der Waals surface area contributed by atoms with Crippen LogP contribution in [0.5, 0.6) is 0 Å². The smallest absolute Gasteiger partial charge is 0.376 e. The van der Waals surface area contributed by atoms with Gasteiger partial charge in [0.25, 0.3) is 11.3 Å². The lowest BCUT2D eigenvalue weighted by atomic mass is 10.0. The molecule has 33 heavy (non-hydrogen) atoms. The summed E-state index contributed by atoms with van der Waals surface area (Å²) in [7, 11) is 0. The maximum Gasteiger partial charge on any atom is 0.376 e. The number of nitrogens with zero attached hydrogens (tertiary/aromatic N) is 1. The quantitative estimate of drug-likeness (QED) is 0.284. The Labute approximate surface area is 195 Å². The molecule has 10 heteroatoms. The van der Waals surface area contributed by atoms with Crippen LogP contribution >= 0.6 is 23.2 Å². The highest BCUT2D eigenvalue weighted by molar-refractivity contribution is 6.38. The minimum atomic E-state index is -1.81. The molecule has 1 aromatic heterocycles. The number of carbonyl (C=O) groups is 2. The van der Waals surface area contributed by atoms with Crippen LogP contribution in [0.25, 0.3) is 5.76 Å². The average molecular weight is 494 g/mol. The van der Waals surface area contributed by atoms with E-state index in [2.05, 4.69) is 0 Å². The average Bonchev–Trinajstić information content (AvgIpc) is 2.75. The molecule has 1 heterocycles. The molecule has 2 aromatic carbocycles. The molecule has 0 amide bonds. The van der Waals surface area contributed by atoms with Crippen molar-refractivity contribution in [3.05, 3.63) is 109 Å². The molecule has 0 aliphatic heterocycles. The molecule has 3 rings (SSSR count). The second-order valence-electron chi connectivity index (χ2n) is 7.07. The van der Waals surface area contributed by atoms with Crippen molar-refractivity contribution in [3.63, 3.8) is 0 Å². The molecule has 0 unspecified atom stereocenters. The van der Waals surface area contributed by atoms with Gasteiger partial charge in [-0.3, -0.25) is 9.59 Å². The Hall–Kier alpha value is -3.49. The molecule has 0 bridgehead atoms. The Kier molecular flexibility index (Phi) is 7.30. The Morgan fingerprint density at radius 3 is 2.06 bits per heavy atom. The van der Waals surface area contributed by atoms with Gasteiger partial charge in [0, 0.05) is 12.3 Å². The minimum absolute atomic E-state index is 0.0655. The second kappa shape index (κ2) is 9.97. The number of aliphatic hydroxyl groups excluding tert-OH is 1. The molecule has 0 atom stereocenters. The summed E-state index contributed by atoms with van der Waals surface area (Å²) in [6.07, 6.45) is 2.06. The summed E-state index contributed by atoms with van der Waals surface area (Å²) >= 11 is 11.6. The standard InChI is InChI=1S/C23H15Cl2F2NO5/c24-16-7-12(1-3-18(16)26)5-14-6-15(20(29)9-21(30)23(32)33)22(31)28(11-14)10-13-2-4-19(27)17(25)8-13/h1-4,6-9,11,29H,5,10H2,(H,32,33)/b20-9-. The van der Waals surface area contributed by atoms with Crippen LogP contribution < -0.4 is 5.56 Å². The number of benzene rings is 2. The van der Waals surface area contributed by atoms with Gasteiger partial charge in [0.15, 0.2) is 0 Å². The Morgan fingerprint density at radius 1 is 0.909 bits per heavy atom. The summed E-state index contributed by atoms with van der Waals surface area (Å²) in [5.41, 5.74) is 0.462. The first-order valence-corrected chi connectivity index (χ1v) is 10.1. The summed E-state index contributed by atoms with van der Waals surface area (Å²) in [6, 6.07) is 9.24. The fourth-order valence-electron chi connectivity index (χ4n) is 3.08. The van der Waals surface area contributed by atoms with Crippen molar-refractivity contribution in [2.24, 2.45) is 0 Å². The molecule has 2 N–H and O–H groups in total. The molecule has 0 aliphatic carbocycles. The largest absolute Gasteiger partial charge is 0.507 e. The SMILES string of the molecule is O=C(O)C(=O)/C=C(\O)c1cc(Cc2ccc(F)c(Cl)c2)cn(Cc2ccc(F)c(Cl)c2)c1=O. The molecule has 0 fully saturated rings. The molecule has 0 saturated heterocycles. The van der Waals surface area contributed by atoms with Crippen LogP contribution in [0.2, 0.25) is 10.0 Å². The zero-order chi connectivity index (χ0) is 24.3. The molecule has 3 aromatic rings. The number of carboxylic acid groups (broad SMARTS) is 1. The summed E-state index contributed by atoms with van der Waals surface area (Å²) < 4.78 is 28.2. The third-order valence-corrected chi connectivity index (χ3v) is 5.21. The lowest BCUT2D eigenvalue weighted by Crippen LogP contribution is -2.25. The lowest BCUT2D eigenvalue weighted by molar-refractivity contribution is -0.146. The lowest BCUT2D eigenvalue weighted by Gasteiger charge is -2.13. The van der Waals surface area contributed by atoms with E-state index in [1.165, 1.54) is 47.2 Å². The summed E-state index contributed by atoms with van der Waals surface area (Å²) in [6.45, 7) is -0.0655. The molecular weight excluding hydrogens is 479 g/mol. The van der Waals surface area contributed by atoms with Gasteiger partial charge in [-0.05, 0) is 53.4 Å². The number of halogens is 4. The van der Waals surface area contributed by atoms with Crippen LogP contribution in [-0.4, -0.2) is 26.5 Å². The maximum absolute atomic E-state index is 13.5. The van der Waals surface area contributed by atoms with Gasteiger partial charge >= 0.3 is 5.97 Å². The van der Waals surface area contributed by atoms with Gasteiger partial charge in [-0.25, -0.2) is 13.6 Å². The number of carbonyl (C=O) groups excluding carboxylic acids is 1. The summed E-state index contributed by atoms with van der Waals surface area (Å²) in [5.74, 6) is -5.30. The number of aromatic nitrogens is 1. The van der Waals surface area contributed by atoms with Crippen LogP contribution in [-0.2, 0) is 22.6 Å². The van der Waals surface area contributed by atoms with E-state index in [1.807, 2.05) is 0 Å². The molecule has 0 spiro atoms. The van der Waals surface area contributed by atoms with Crippen LogP contribution in [0.15, 0.2) is 59.5 Å². The molecular formula is C23H15Cl2F2NO5. The Balaban J connectivity index is 2.10. The highest BCUT2D eigenvalue weighted by atomic mass is 35.5. The van der Waals surface area contributed by atoms with Crippen molar-refractivity contribution in [1.82, 2.24) is 4.57 Å². The Bertz CT molecular complexity index is 1350. The fraction of sp³-hybridized carbons (Fsp3) is 0.0870.